The van der Waals surface area contributed by atoms with Gasteiger partial charge in [-0.25, -0.2) is 9.18 Å². The first-order chi connectivity index (χ1) is 10.2. The van der Waals surface area contributed by atoms with Gasteiger partial charge < -0.3 is 26.4 Å². The summed E-state index contributed by atoms with van der Waals surface area (Å²) in [4.78, 5) is 15.3. The zero-order chi connectivity index (χ0) is 16.7. The largest absolute Gasteiger partial charge is 0.391 e. The van der Waals surface area contributed by atoms with Crippen molar-refractivity contribution >= 4 is 5.82 Å². The Balaban J connectivity index is 2.59. The molecule has 0 bridgehead atoms. The highest BCUT2D eigenvalue weighted by molar-refractivity contribution is 5.29. The Kier molecular flexibility index (Phi) is 4.21. The Hall–Kier alpha value is -1.99. The fourth-order valence-electron chi connectivity index (χ4n) is 2.40. The molecule has 9 heteroatoms. The molecular weight excluding hydrogens is 295 g/mol. The lowest BCUT2D eigenvalue weighted by Gasteiger charge is -2.28. The third kappa shape index (κ3) is 2.46. The minimum Gasteiger partial charge on any atom is -0.391 e. The molecule has 0 spiro atoms. The third-order valence-electron chi connectivity index (χ3n) is 3.50. The van der Waals surface area contributed by atoms with Crippen molar-refractivity contribution in [2.24, 2.45) is 5.73 Å². The number of rotatable bonds is 2. The first-order valence-electron chi connectivity index (χ1n) is 6.51. The van der Waals surface area contributed by atoms with Gasteiger partial charge in [-0.3, -0.25) is 4.57 Å². The molecule has 1 aliphatic heterocycles. The van der Waals surface area contributed by atoms with Crippen LogP contribution in [0.3, 0.4) is 0 Å². The van der Waals surface area contributed by atoms with Crippen LogP contribution in [0, 0.1) is 17.7 Å². The summed E-state index contributed by atoms with van der Waals surface area (Å²) in [5.41, 5.74) is 8.68. The summed E-state index contributed by atoms with van der Waals surface area (Å²) in [7, 11) is 0. The molecule has 5 atom stereocenters. The van der Waals surface area contributed by atoms with E-state index >= 15 is 0 Å². The van der Waals surface area contributed by atoms with Crippen LogP contribution in [0.15, 0.2) is 11.0 Å². The van der Waals surface area contributed by atoms with Crippen molar-refractivity contribution in [1.29, 1.82) is 0 Å². The third-order valence-corrected chi connectivity index (χ3v) is 3.50. The molecule has 1 saturated heterocycles. The molecular formula is C13H17FN4O4. The summed E-state index contributed by atoms with van der Waals surface area (Å²) in [5.74, 6) is 3.60. The summed E-state index contributed by atoms with van der Waals surface area (Å²) >= 11 is 0. The van der Waals surface area contributed by atoms with Gasteiger partial charge in [0.2, 0.25) is 0 Å². The average molecular weight is 312 g/mol. The Bertz CT molecular complexity index is 696. The summed E-state index contributed by atoms with van der Waals surface area (Å²) in [6.07, 6.45) is -4.11. The predicted octanol–water partition coefficient (Wildman–Crippen LogP) is -1.68. The standard InChI is InChI=1S/C13H17FN4O4/c1-3-4-13(16)9(20)8(6(2)19)22-11(13)18-5-7(14)10(15)17-12(18)21/h5-6,8-9,11,19-20H,16H2,1-2H3,(H2,15,17,21)/t6-,8+,9-,11+,13?/m0/s1. The maximum atomic E-state index is 13.6. The SMILES string of the molecule is CC#CC1(N)[C@@H](O)[C@@H]([C@H](C)O)O[C@H]1n1cc(F)c(N)nc1=O. The minimum absolute atomic E-state index is 0.559. The molecule has 2 rings (SSSR count). The van der Waals surface area contributed by atoms with Gasteiger partial charge in [0.05, 0.1) is 12.3 Å². The van der Waals surface area contributed by atoms with Gasteiger partial charge in [0.25, 0.3) is 0 Å². The molecule has 6 N–H and O–H groups in total. The lowest BCUT2D eigenvalue weighted by molar-refractivity contribution is -0.0780. The molecule has 1 aliphatic rings. The summed E-state index contributed by atoms with van der Waals surface area (Å²) < 4.78 is 19.8. The Morgan fingerprint density at radius 2 is 2.27 bits per heavy atom. The van der Waals surface area contributed by atoms with E-state index in [-0.39, 0.29) is 0 Å². The van der Waals surface area contributed by atoms with Crippen molar-refractivity contribution in [3.05, 3.63) is 22.5 Å². The van der Waals surface area contributed by atoms with Crippen molar-refractivity contribution < 1.29 is 19.3 Å². The maximum Gasteiger partial charge on any atom is 0.351 e. The molecule has 8 nitrogen and oxygen atoms in total. The highest BCUT2D eigenvalue weighted by atomic mass is 19.1. The number of nitrogens with two attached hydrogens (primary N) is 2. The summed E-state index contributed by atoms with van der Waals surface area (Å²) in [6.45, 7) is 2.87. The summed E-state index contributed by atoms with van der Waals surface area (Å²) in [6, 6.07) is 0. The smallest absolute Gasteiger partial charge is 0.351 e. The van der Waals surface area contributed by atoms with Gasteiger partial charge in [0, 0.05) is 0 Å². The number of nitrogen functional groups attached to an aromatic ring is 1. The van der Waals surface area contributed by atoms with Crippen molar-refractivity contribution in [3.63, 3.8) is 0 Å². The first-order valence-corrected chi connectivity index (χ1v) is 6.51. The van der Waals surface area contributed by atoms with Gasteiger partial charge in [-0.05, 0) is 13.8 Å². The summed E-state index contributed by atoms with van der Waals surface area (Å²) in [5, 5.41) is 20.0. The van der Waals surface area contributed by atoms with Crippen molar-refractivity contribution in [2.75, 3.05) is 5.73 Å². The highest BCUT2D eigenvalue weighted by Gasteiger charge is 2.55. The Morgan fingerprint density at radius 1 is 1.64 bits per heavy atom. The van der Waals surface area contributed by atoms with Crippen LogP contribution in [0.4, 0.5) is 10.2 Å². The number of aliphatic hydroxyl groups is 2. The van der Waals surface area contributed by atoms with Gasteiger partial charge in [-0.2, -0.15) is 4.98 Å². The number of hydrogen-bond donors (Lipinski definition) is 4. The van der Waals surface area contributed by atoms with Crippen LogP contribution in [0.1, 0.15) is 20.1 Å². The van der Waals surface area contributed by atoms with Crippen molar-refractivity contribution in [2.45, 2.75) is 43.9 Å². The van der Waals surface area contributed by atoms with E-state index in [0.29, 0.717) is 0 Å². The normalized spacial score (nSPS) is 32.4. The van der Waals surface area contributed by atoms with Gasteiger partial charge in [-0.15, -0.1) is 5.92 Å². The van der Waals surface area contributed by atoms with Gasteiger partial charge in [0.1, 0.15) is 12.2 Å². The number of halogens is 1. The van der Waals surface area contributed by atoms with E-state index in [4.69, 9.17) is 16.2 Å². The molecule has 2 heterocycles. The topological polar surface area (TPSA) is 137 Å². The number of aromatic nitrogens is 2. The number of ether oxygens (including phenoxy) is 1. The van der Waals surface area contributed by atoms with Crippen LogP contribution < -0.4 is 17.2 Å². The van der Waals surface area contributed by atoms with E-state index in [0.717, 1.165) is 10.8 Å². The Labute approximate surface area is 125 Å². The van der Waals surface area contributed by atoms with Crippen molar-refractivity contribution in [1.82, 2.24) is 9.55 Å². The lowest BCUT2D eigenvalue weighted by Crippen LogP contribution is -2.55. The van der Waals surface area contributed by atoms with E-state index in [1.165, 1.54) is 13.8 Å². The monoisotopic (exact) mass is 312 g/mol. The van der Waals surface area contributed by atoms with E-state index in [9.17, 15) is 19.4 Å². The molecule has 1 unspecified atom stereocenters. The zero-order valence-electron chi connectivity index (χ0n) is 12.0. The van der Waals surface area contributed by atoms with E-state index in [1.807, 2.05) is 0 Å². The van der Waals surface area contributed by atoms with Crippen LogP contribution in [0.5, 0.6) is 0 Å². The highest BCUT2D eigenvalue weighted by Crippen LogP contribution is 2.37. The van der Waals surface area contributed by atoms with Crippen LogP contribution in [-0.4, -0.2) is 43.6 Å². The molecule has 0 aromatic carbocycles. The van der Waals surface area contributed by atoms with Crippen LogP contribution in [0.2, 0.25) is 0 Å². The molecule has 0 saturated carbocycles. The van der Waals surface area contributed by atoms with Crippen LogP contribution in [0.25, 0.3) is 0 Å². The van der Waals surface area contributed by atoms with Crippen LogP contribution >= 0.6 is 0 Å². The maximum absolute atomic E-state index is 13.6. The number of nitrogens with zero attached hydrogens (tertiary/aromatic N) is 2. The van der Waals surface area contributed by atoms with Gasteiger partial charge in [-0.1, -0.05) is 5.92 Å². The molecule has 1 aromatic heterocycles. The second-order valence-corrected chi connectivity index (χ2v) is 5.11. The second-order valence-electron chi connectivity index (χ2n) is 5.11. The van der Waals surface area contributed by atoms with Crippen molar-refractivity contribution in [3.8, 4) is 11.8 Å². The average Bonchev–Trinajstić information content (AvgIpc) is 2.68. The fourth-order valence-corrected chi connectivity index (χ4v) is 2.40. The molecule has 1 fully saturated rings. The van der Waals surface area contributed by atoms with Gasteiger partial charge in [0.15, 0.2) is 23.4 Å². The van der Waals surface area contributed by atoms with E-state index in [1.54, 1.807) is 0 Å². The molecule has 0 radical (unpaired) electrons. The molecule has 0 amide bonds. The predicted molar refractivity (Wildman–Crippen MR) is 74.8 cm³/mol. The minimum atomic E-state index is -1.72. The van der Waals surface area contributed by atoms with E-state index in [2.05, 4.69) is 16.8 Å². The molecule has 120 valence electrons. The lowest BCUT2D eigenvalue weighted by atomic mass is 9.90. The zero-order valence-corrected chi connectivity index (χ0v) is 12.0. The van der Waals surface area contributed by atoms with E-state index < -0.39 is 47.4 Å². The second kappa shape index (κ2) is 5.66. The van der Waals surface area contributed by atoms with Crippen LogP contribution in [-0.2, 0) is 4.74 Å². The van der Waals surface area contributed by atoms with Gasteiger partial charge >= 0.3 is 5.69 Å². The quantitative estimate of drug-likeness (QED) is 0.479. The first kappa shape index (κ1) is 16.4. The number of aliphatic hydroxyl groups excluding tert-OH is 2. The molecule has 1 aromatic rings. The molecule has 22 heavy (non-hydrogen) atoms. The Morgan fingerprint density at radius 3 is 2.82 bits per heavy atom. The number of anilines is 1. The molecule has 0 aliphatic carbocycles. The number of hydrogen-bond acceptors (Lipinski definition) is 7. The fraction of sp³-hybridized carbons (Fsp3) is 0.538.